The molecular weight excluding hydrogens is 224 g/mol. The van der Waals surface area contributed by atoms with Gasteiger partial charge < -0.3 is 0 Å². The van der Waals surface area contributed by atoms with Gasteiger partial charge in [-0.15, -0.1) is 0 Å². The number of nitriles is 1. The molecule has 3 rings (SSSR count). The van der Waals surface area contributed by atoms with Crippen LogP contribution in [0, 0.1) is 17.2 Å². The average molecular weight is 238 g/mol. The number of likely N-dealkylation sites (N-methyl/N-ethyl adjacent to an activating group) is 1. The predicted molar refractivity (Wildman–Crippen MR) is 68.5 cm³/mol. The Morgan fingerprint density at radius 1 is 1.33 bits per heavy atom. The van der Waals surface area contributed by atoms with Gasteiger partial charge in [-0.2, -0.15) is 5.26 Å². The van der Waals surface area contributed by atoms with Crippen molar-refractivity contribution in [1.29, 1.82) is 5.26 Å². The van der Waals surface area contributed by atoms with E-state index in [0.29, 0.717) is 0 Å². The molecule has 0 spiro atoms. The second-order valence-corrected chi connectivity index (χ2v) is 4.96. The molecule has 18 heavy (non-hydrogen) atoms. The number of ketones is 1. The summed E-state index contributed by atoms with van der Waals surface area (Å²) in [5.41, 5.74) is 1.74. The molecule has 0 unspecified atom stereocenters. The number of benzene rings is 1. The van der Waals surface area contributed by atoms with Gasteiger partial charge in [0.25, 0.3) is 0 Å². The van der Waals surface area contributed by atoms with E-state index < -0.39 is 0 Å². The highest BCUT2D eigenvalue weighted by Gasteiger charge is 2.46. The number of hydrogen-bond donors (Lipinski definition) is 0. The molecule has 0 amide bonds. The Morgan fingerprint density at radius 2 is 2.06 bits per heavy atom. The molecule has 1 aromatic carbocycles. The van der Waals surface area contributed by atoms with E-state index >= 15 is 0 Å². The third-order valence-corrected chi connectivity index (χ3v) is 3.98. The first kappa shape index (κ1) is 11.2. The van der Waals surface area contributed by atoms with Crippen LogP contribution in [0.25, 0.3) is 5.57 Å². The Bertz CT molecular complexity index is 556. The lowest BCUT2D eigenvalue weighted by molar-refractivity contribution is -0.118. The molecular formula is C15H14N2O. The monoisotopic (exact) mass is 238 g/mol. The molecule has 1 saturated heterocycles. The van der Waals surface area contributed by atoms with Crippen LogP contribution in [0.1, 0.15) is 12.0 Å². The SMILES string of the molecule is CN1[C@@H]2C=C(c3ccccc3)C(=O)[C@H]1[C@@H](C#N)C2. The third kappa shape index (κ3) is 1.50. The summed E-state index contributed by atoms with van der Waals surface area (Å²) in [4.78, 5) is 14.5. The van der Waals surface area contributed by atoms with E-state index in [1.807, 2.05) is 48.4 Å². The number of carbonyl (C=O) groups is 1. The lowest BCUT2D eigenvalue weighted by Crippen LogP contribution is -2.43. The quantitative estimate of drug-likeness (QED) is 0.750. The van der Waals surface area contributed by atoms with Gasteiger partial charge in [0.15, 0.2) is 5.78 Å². The summed E-state index contributed by atoms with van der Waals surface area (Å²) in [5, 5.41) is 9.15. The lowest BCUT2D eigenvalue weighted by atomic mass is 9.91. The molecule has 3 heteroatoms. The molecule has 2 heterocycles. The molecule has 0 saturated carbocycles. The number of rotatable bonds is 1. The van der Waals surface area contributed by atoms with Gasteiger partial charge in [-0.3, -0.25) is 9.69 Å². The minimum absolute atomic E-state index is 0.0870. The van der Waals surface area contributed by atoms with Crippen LogP contribution in [-0.2, 0) is 4.79 Å². The highest BCUT2D eigenvalue weighted by Crippen LogP contribution is 2.38. The van der Waals surface area contributed by atoms with Crippen LogP contribution in [0.3, 0.4) is 0 Å². The van der Waals surface area contributed by atoms with Crippen molar-refractivity contribution >= 4 is 11.4 Å². The molecule has 0 aromatic heterocycles. The van der Waals surface area contributed by atoms with Crippen LogP contribution in [0.4, 0.5) is 0 Å². The third-order valence-electron chi connectivity index (χ3n) is 3.98. The first-order valence-electron chi connectivity index (χ1n) is 6.15. The minimum Gasteiger partial charge on any atom is -0.292 e. The lowest BCUT2D eigenvalue weighted by Gasteiger charge is -2.29. The summed E-state index contributed by atoms with van der Waals surface area (Å²) < 4.78 is 0. The average Bonchev–Trinajstić information content (AvgIpc) is 2.63. The molecule has 1 fully saturated rings. The molecule has 2 bridgehead atoms. The van der Waals surface area contributed by atoms with E-state index in [1.54, 1.807) is 0 Å². The van der Waals surface area contributed by atoms with E-state index in [1.165, 1.54) is 0 Å². The van der Waals surface area contributed by atoms with Crippen LogP contribution < -0.4 is 0 Å². The fourth-order valence-corrected chi connectivity index (χ4v) is 3.01. The molecule has 3 nitrogen and oxygen atoms in total. The maximum absolute atomic E-state index is 12.5. The van der Waals surface area contributed by atoms with Gasteiger partial charge in [0.2, 0.25) is 0 Å². The maximum Gasteiger partial charge on any atom is 0.181 e. The van der Waals surface area contributed by atoms with Crippen LogP contribution in [-0.4, -0.2) is 29.8 Å². The van der Waals surface area contributed by atoms with Gasteiger partial charge >= 0.3 is 0 Å². The van der Waals surface area contributed by atoms with Gasteiger partial charge in [0.05, 0.1) is 18.0 Å². The zero-order valence-electron chi connectivity index (χ0n) is 10.2. The Morgan fingerprint density at radius 3 is 2.72 bits per heavy atom. The van der Waals surface area contributed by atoms with Crippen molar-refractivity contribution in [1.82, 2.24) is 4.90 Å². The highest BCUT2D eigenvalue weighted by molar-refractivity contribution is 6.24. The number of carbonyl (C=O) groups excluding carboxylic acids is 1. The topological polar surface area (TPSA) is 44.1 Å². The van der Waals surface area contributed by atoms with Crippen molar-refractivity contribution in [3.05, 3.63) is 42.0 Å². The van der Waals surface area contributed by atoms with Crippen LogP contribution in [0.15, 0.2) is 36.4 Å². The second-order valence-electron chi connectivity index (χ2n) is 4.96. The van der Waals surface area contributed by atoms with Gasteiger partial charge in [-0.1, -0.05) is 36.4 Å². The maximum atomic E-state index is 12.5. The molecule has 1 aromatic rings. The summed E-state index contributed by atoms with van der Waals surface area (Å²) in [5.74, 6) is -0.0889. The second kappa shape index (κ2) is 4.08. The van der Waals surface area contributed by atoms with Crippen molar-refractivity contribution in [2.24, 2.45) is 5.92 Å². The number of fused-ring (bicyclic) bond motifs is 2. The zero-order chi connectivity index (χ0) is 12.7. The van der Waals surface area contributed by atoms with Crippen LogP contribution in [0.5, 0.6) is 0 Å². The summed E-state index contributed by atoms with van der Waals surface area (Å²) >= 11 is 0. The smallest absolute Gasteiger partial charge is 0.181 e. The molecule has 0 N–H and O–H groups in total. The van der Waals surface area contributed by atoms with E-state index in [-0.39, 0.29) is 23.8 Å². The number of Topliss-reactive ketones (excluding diaryl/α,β-unsaturated/α-hetero) is 1. The van der Waals surface area contributed by atoms with E-state index in [9.17, 15) is 4.79 Å². The Kier molecular flexibility index (Phi) is 2.53. The molecule has 3 atom stereocenters. The molecule has 2 aliphatic rings. The standard InChI is InChI=1S/C15H14N2O/c1-17-12-7-11(9-16)14(17)15(18)13(8-12)10-5-3-2-4-6-10/h2-6,8,11-12,14H,7H2,1H3/t11-,12+,14-/m1/s1. The van der Waals surface area contributed by atoms with Crippen molar-refractivity contribution < 1.29 is 4.79 Å². The Hall–Kier alpha value is -1.92. The number of hydrogen-bond acceptors (Lipinski definition) is 3. The summed E-state index contributed by atoms with van der Waals surface area (Å²) in [6.07, 6.45) is 2.78. The van der Waals surface area contributed by atoms with Gasteiger partial charge in [0.1, 0.15) is 0 Å². The van der Waals surface area contributed by atoms with Crippen molar-refractivity contribution in [3.8, 4) is 6.07 Å². The predicted octanol–water partition coefficient (Wildman–Crippen LogP) is 1.87. The first-order valence-corrected chi connectivity index (χ1v) is 6.15. The van der Waals surface area contributed by atoms with Gasteiger partial charge in [0, 0.05) is 11.6 Å². The van der Waals surface area contributed by atoms with E-state index in [4.69, 9.17) is 5.26 Å². The number of nitrogens with zero attached hydrogens (tertiary/aromatic N) is 2. The molecule has 2 aliphatic heterocycles. The summed E-state index contributed by atoms with van der Waals surface area (Å²) in [7, 11) is 1.93. The van der Waals surface area contributed by atoms with Gasteiger partial charge in [-0.05, 0) is 19.0 Å². The fourth-order valence-electron chi connectivity index (χ4n) is 3.01. The summed E-state index contributed by atoms with van der Waals surface area (Å²) in [6.45, 7) is 0. The fraction of sp³-hybridized carbons (Fsp3) is 0.333. The zero-order valence-corrected chi connectivity index (χ0v) is 10.2. The van der Waals surface area contributed by atoms with Crippen LogP contribution >= 0.6 is 0 Å². The minimum atomic E-state index is -0.264. The van der Waals surface area contributed by atoms with E-state index in [2.05, 4.69) is 6.07 Å². The summed E-state index contributed by atoms with van der Waals surface area (Å²) in [6, 6.07) is 11.9. The van der Waals surface area contributed by atoms with Gasteiger partial charge in [-0.25, -0.2) is 0 Å². The largest absolute Gasteiger partial charge is 0.292 e. The van der Waals surface area contributed by atoms with Crippen LogP contribution in [0.2, 0.25) is 0 Å². The van der Waals surface area contributed by atoms with E-state index in [0.717, 1.165) is 17.6 Å². The highest BCUT2D eigenvalue weighted by atomic mass is 16.1. The van der Waals surface area contributed by atoms with Crippen molar-refractivity contribution in [2.45, 2.75) is 18.5 Å². The van der Waals surface area contributed by atoms with Crippen molar-refractivity contribution in [3.63, 3.8) is 0 Å². The Balaban J connectivity index is 2.04. The molecule has 0 radical (unpaired) electrons. The normalized spacial score (nSPS) is 31.0. The first-order chi connectivity index (χ1) is 8.72. The van der Waals surface area contributed by atoms with Crippen molar-refractivity contribution in [2.75, 3.05) is 7.05 Å². The molecule has 90 valence electrons. The Labute approximate surface area is 106 Å². The molecule has 0 aliphatic carbocycles.